The van der Waals surface area contributed by atoms with Gasteiger partial charge in [-0.1, -0.05) is 42.5 Å². The summed E-state index contributed by atoms with van der Waals surface area (Å²) in [7, 11) is 0. The number of nitrogens with one attached hydrogen (secondary N) is 1. The van der Waals surface area contributed by atoms with E-state index in [1.807, 2.05) is 48.5 Å². The molecule has 22 heavy (non-hydrogen) atoms. The Kier molecular flexibility index (Phi) is 3.04. The molecule has 0 bridgehead atoms. The first-order valence-corrected chi connectivity index (χ1v) is 7.20. The molecule has 0 spiro atoms. The molecule has 108 valence electrons. The zero-order valence-electron chi connectivity index (χ0n) is 11.8. The van der Waals surface area contributed by atoms with Gasteiger partial charge in [0.2, 0.25) is 0 Å². The third-order valence-electron chi connectivity index (χ3n) is 3.90. The molecule has 0 saturated heterocycles. The summed E-state index contributed by atoms with van der Waals surface area (Å²) in [6.07, 6.45) is 0.761. The third-order valence-corrected chi connectivity index (χ3v) is 3.90. The monoisotopic (exact) mass is 291 g/mol. The summed E-state index contributed by atoms with van der Waals surface area (Å²) < 4.78 is 13.9. The molecule has 3 aromatic rings. The Balaban J connectivity index is 1.69. The predicted molar refractivity (Wildman–Crippen MR) is 85.3 cm³/mol. The number of halogens is 1. The summed E-state index contributed by atoms with van der Waals surface area (Å²) in [6, 6.07) is 20.6. The summed E-state index contributed by atoms with van der Waals surface area (Å²) >= 11 is 0. The first kappa shape index (κ1) is 12.9. The molecule has 0 atom stereocenters. The summed E-state index contributed by atoms with van der Waals surface area (Å²) in [5.74, 6) is 0.246. The molecular weight excluding hydrogens is 277 g/mol. The van der Waals surface area contributed by atoms with E-state index in [-0.39, 0.29) is 5.82 Å². The Bertz CT molecular complexity index is 830. The van der Waals surface area contributed by atoms with E-state index in [1.165, 1.54) is 11.6 Å². The molecule has 1 aliphatic rings. The van der Waals surface area contributed by atoms with E-state index in [4.69, 9.17) is 4.84 Å². The molecule has 0 aromatic heterocycles. The molecule has 0 radical (unpaired) electrons. The van der Waals surface area contributed by atoms with Crippen molar-refractivity contribution in [3.63, 3.8) is 0 Å². The second-order valence-electron chi connectivity index (χ2n) is 5.33. The molecule has 1 aliphatic carbocycles. The van der Waals surface area contributed by atoms with Gasteiger partial charge in [-0.05, 0) is 34.9 Å². The van der Waals surface area contributed by atoms with Crippen molar-refractivity contribution in [3.8, 4) is 16.9 Å². The molecule has 4 rings (SSSR count). The van der Waals surface area contributed by atoms with Gasteiger partial charge in [0.15, 0.2) is 5.75 Å². The van der Waals surface area contributed by atoms with E-state index in [1.54, 1.807) is 6.07 Å². The summed E-state index contributed by atoms with van der Waals surface area (Å²) in [5.41, 5.74) is 7.93. The van der Waals surface area contributed by atoms with Crippen LogP contribution in [-0.4, -0.2) is 0 Å². The van der Waals surface area contributed by atoms with Crippen LogP contribution >= 0.6 is 0 Å². The number of fused-ring (bicyclic) bond motifs is 3. The minimum Gasteiger partial charge on any atom is -0.382 e. The zero-order valence-corrected chi connectivity index (χ0v) is 11.8. The van der Waals surface area contributed by atoms with Gasteiger partial charge in [-0.3, -0.25) is 0 Å². The van der Waals surface area contributed by atoms with E-state index in [9.17, 15) is 4.39 Å². The maximum atomic E-state index is 13.9. The van der Waals surface area contributed by atoms with Gasteiger partial charge in [-0.2, -0.15) is 0 Å². The summed E-state index contributed by atoms with van der Waals surface area (Å²) in [5, 5.41) is 0. The number of anilines is 1. The molecule has 0 unspecified atom stereocenters. The highest BCUT2D eigenvalue weighted by molar-refractivity contribution is 5.79. The van der Waals surface area contributed by atoms with Crippen LogP contribution < -0.4 is 10.3 Å². The summed E-state index contributed by atoms with van der Waals surface area (Å²) in [4.78, 5) is 5.66. The quantitative estimate of drug-likeness (QED) is 0.547. The van der Waals surface area contributed by atoms with Crippen LogP contribution in [0.2, 0.25) is 0 Å². The van der Waals surface area contributed by atoms with Crippen LogP contribution in [0.25, 0.3) is 11.1 Å². The molecule has 1 N–H and O–H groups in total. The first-order chi connectivity index (χ1) is 10.8. The minimum atomic E-state index is -0.291. The van der Waals surface area contributed by atoms with Gasteiger partial charge in [0.1, 0.15) is 5.82 Å². The Morgan fingerprint density at radius 3 is 2.50 bits per heavy atom. The fourth-order valence-electron chi connectivity index (χ4n) is 2.87. The fourth-order valence-corrected chi connectivity index (χ4v) is 2.87. The maximum Gasteiger partial charge on any atom is 0.162 e. The average molecular weight is 291 g/mol. The van der Waals surface area contributed by atoms with E-state index < -0.39 is 0 Å². The zero-order chi connectivity index (χ0) is 14.9. The highest BCUT2D eigenvalue weighted by Gasteiger charge is 2.23. The lowest BCUT2D eigenvalue weighted by molar-refractivity contribution is 0.398. The lowest BCUT2D eigenvalue weighted by Gasteiger charge is -2.12. The van der Waals surface area contributed by atoms with Crippen LogP contribution in [0.5, 0.6) is 5.75 Å². The van der Waals surface area contributed by atoms with Crippen LogP contribution in [0, 0.1) is 5.82 Å². The van der Waals surface area contributed by atoms with Gasteiger partial charge in [0.25, 0.3) is 0 Å². The second-order valence-corrected chi connectivity index (χ2v) is 5.33. The van der Waals surface area contributed by atoms with Gasteiger partial charge in [0, 0.05) is 18.1 Å². The molecule has 0 amide bonds. The van der Waals surface area contributed by atoms with Crippen molar-refractivity contribution in [2.45, 2.75) is 6.42 Å². The van der Waals surface area contributed by atoms with Crippen molar-refractivity contribution in [2.75, 3.05) is 5.48 Å². The molecule has 0 heterocycles. The van der Waals surface area contributed by atoms with E-state index in [2.05, 4.69) is 11.5 Å². The number of hydrogen-bond acceptors (Lipinski definition) is 2. The van der Waals surface area contributed by atoms with Crippen LogP contribution in [0.1, 0.15) is 11.1 Å². The maximum absolute atomic E-state index is 13.9. The third kappa shape index (κ3) is 2.21. The second kappa shape index (κ2) is 5.19. The normalized spacial score (nSPS) is 11.7. The van der Waals surface area contributed by atoms with Gasteiger partial charge in [-0.15, -0.1) is 0 Å². The highest BCUT2D eigenvalue weighted by Crippen LogP contribution is 2.41. The van der Waals surface area contributed by atoms with Gasteiger partial charge in [0.05, 0.1) is 5.69 Å². The minimum absolute atomic E-state index is 0.291. The van der Waals surface area contributed by atoms with Crippen molar-refractivity contribution >= 4 is 5.69 Å². The Hall–Kier alpha value is -2.81. The smallest absolute Gasteiger partial charge is 0.162 e. The number of para-hydroxylation sites is 1. The lowest BCUT2D eigenvalue weighted by Crippen LogP contribution is -2.06. The van der Waals surface area contributed by atoms with Crippen LogP contribution in [-0.2, 0) is 6.42 Å². The van der Waals surface area contributed by atoms with Crippen molar-refractivity contribution in [1.82, 2.24) is 0 Å². The van der Waals surface area contributed by atoms with Crippen LogP contribution in [0.4, 0.5) is 10.1 Å². The van der Waals surface area contributed by atoms with Crippen LogP contribution in [0.15, 0.2) is 66.7 Å². The Morgan fingerprint density at radius 1 is 0.864 bits per heavy atom. The topological polar surface area (TPSA) is 21.3 Å². The van der Waals surface area contributed by atoms with E-state index >= 15 is 0 Å². The summed E-state index contributed by atoms with van der Waals surface area (Å²) in [6.45, 7) is 0. The van der Waals surface area contributed by atoms with Gasteiger partial charge >= 0.3 is 0 Å². The first-order valence-electron chi connectivity index (χ1n) is 7.20. The molecular formula is C19H14FNO. The highest BCUT2D eigenvalue weighted by atomic mass is 19.1. The van der Waals surface area contributed by atoms with Gasteiger partial charge < -0.3 is 4.84 Å². The predicted octanol–water partition coefficient (Wildman–Crippen LogP) is 4.80. The molecule has 0 aliphatic heterocycles. The Morgan fingerprint density at radius 2 is 1.64 bits per heavy atom. The van der Waals surface area contributed by atoms with Crippen molar-refractivity contribution in [3.05, 3.63) is 83.7 Å². The van der Waals surface area contributed by atoms with Gasteiger partial charge in [-0.25, -0.2) is 9.87 Å². The van der Waals surface area contributed by atoms with Crippen molar-refractivity contribution < 1.29 is 9.23 Å². The SMILES string of the molecule is Fc1cc(ONc2ccccc2)c2c(c1)-c1ccccc1C2. The molecule has 3 aromatic carbocycles. The standard InChI is InChI=1S/C19H14FNO/c20-14-11-17-16-9-5-4-6-13(16)10-18(17)19(12-14)22-21-15-7-2-1-3-8-15/h1-9,11-12,21H,10H2. The van der Waals surface area contributed by atoms with Crippen molar-refractivity contribution in [1.29, 1.82) is 0 Å². The lowest BCUT2D eigenvalue weighted by atomic mass is 10.1. The van der Waals surface area contributed by atoms with E-state index in [0.29, 0.717) is 5.75 Å². The largest absolute Gasteiger partial charge is 0.382 e. The fraction of sp³-hybridized carbons (Fsp3) is 0.0526. The van der Waals surface area contributed by atoms with Crippen molar-refractivity contribution in [2.24, 2.45) is 0 Å². The van der Waals surface area contributed by atoms with Crippen LogP contribution in [0.3, 0.4) is 0 Å². The number of benzene rings is 3. The average Bonchev–Trinajstić information content (AvgIpc) is 2.92. The molecule has 0 saturated carbocycles. The Labute approximate surface area is 128 Å². The van der Waals surface area contributed by atoms with E-state index in [0.717, 1.165) is 28.8 Å². The molecule has 3 heteroatoms. The molecule has 0 fully saturated rings. The number of rotatable bonds is 3. The molecule has 2 nitrogen and oxygen atoms in total. The number of hydrogen-bond donors (Lipinski definition) is 1.